The molecule has 0 saturated carbocycles. The van der Waals surface area contributed by atoms with Crippen LogP contribution in [-0.2, 0) is 0 Å². The summed E-state index contributed by atoms with van der Waals surface area (Å²) in [5.74, 6) is -1.73. The monoisotopic (exact) mass is 200 g/mol. The average molecular weight is 200 g/mol. The van der Waals surface area contributed by atoms with Crippen LogP contribution in [0, 0.1) is 11.6 Å². The first kappa shape index (κ1) is 9.51. The summed E-state index contributed by atoms with van der Waals surface area (Å²) in [5.41, 5.74) is 5.99. The number of hydrogen-bond acceptors (Lipinski definition) is 3. The van der Waals surface area contributed by atoms with Crippen LogP contribution in [0.15, 0.2) is 18.2 Å². The molecule has 0 aliphatic carbocycles. The van der Waals surface area contributed by atoms with E-state index < -0.39 is 17.9 Å². The molecule has 2 rings (SSSR count). The SMILES string of the molecule is OC1CC(c2ccc(F)c(F)c2)NN1. The summed E-state index contributed by atoms with van der Waals surface area (Å²) in [7, 11) is 0. The Morgan fingerprint density at radius 1 is 1.21 bits per heavy atom. The summed E-state index contributed by atoms with van der Waals surface area (Å²) >= 11 is 0. The van der Waals surface area contributed by atoms with E-state index in [0.717, 1.165) is 12.1 Å². The molecule has 1 saturated heterocycles. The largest absolute Gasteiger partial charge is 0.377 e. The van der Waals surface area contributed by atoms with Gasteiger partial charge in [-0.2, -0.15) is 0 Å². The predicted octanol–water partition coefficient (Wildman–Crippen LogP) is 0.822. The first-order valence-corrected chi connectivity index (χ1v) is 4.31. The van der Waals surface area contributed by atoms with Gasteiger partial charge in [0.1, 0.15) is 6.23 Å². The Balaban J connectivity index is 2.20. The van der Waals surface area contributed by atoms with Gasteiger partial charge in [-0.25, -0.2) is 19.6 Å². The lowest BCUT2D eigenvalue weighted by atomic mass is 10.0. The summed E-state index contributed by atoms with van der Waals surface area (Å²) in [6.07, 6.45) is -0.210. The second-order valence-electron chi connectivity index (χ2n) is 3.27. The minimum atomic E-state index is -0.870. The Morgan fingerprint density at radius 3 is 2.57 bits per heavy atom. The Hall–Kier alpha value is -1.04. The van der Waals surface area contributed by atoms with Gasteiger partial charge in [0.25, 0.3) is 0 Å². The molecule has 1 aliphatic rings. The molecule has 0 amide bonds. The molecule has 3 N–H and O–H groups in total. The molecule has 76 valence electrons. The van der Waals surface area contributed by atoms with Crippen LogP contribution >= 0.6 is 0 Å². The summed E-state index contributed by atoms with van der Waals surface area (Å²) < 4.78 is 25.4. The smallest absolute Gasteiger partial charge is 0.159 e. The first-order chi connectivity index (χ1) is 6.66. The number of halogens is 2. The lowest BCUT2D eigenvalue weighted by Gasteiger charge is -2.09. The molecule has 3 nitrogen and oxygen atoms in total. The Labute approximate surface area is 79.7 Å². The van der Waals surface area contributed by atoms with Gasteiger partial charge in [-0.3, -0.25) is 0 Å². The Morgan fingerprint density at radius 2 is 2.00 bits per heavy atom. The second kappa shape index (κ2) is 3.61. The average Bonchev–Trinajstić information content (AvgIpc) is 2.57. The fourth-order valence-corrected chi connectivity index (χ4v) is 1.49. The van der Waals surface area contributed by atoms with E-state index in [1.807, 2.05) is 0 Å². The molecule has 2 unspecified atom stereocenters. The molecule has 1 aromatic rings. The fourth-order valence-electron chi connectivity index (χ4n) is 1.49. The van der Waals surface area contributed by atoms with Crippen molar-refractivity contribution >= 4 is 0 Å². The van der Waals surface area contributed by atoms with Gasteiger partial charge in [-0.05, 0) is 17.7 Å². The topological polar surface area (TPSA) is 44.3 Å². The van der Waals surface area contributed by atoms with E-state index in [0.29, 0.717) is 12.0 Å². The molecular formula is C9H10F2N2O. The van der Waals surface area contributed by atoms with Crippen molar-refractivity contribution < 1.29 is 13.9 Å². The number of nitrogens with one attached hydrogen (secondary N) is 2. The van der Waals surface area contributed by atoms with Crippen molar-refractivity contribution in [3.63, 3.8) is 0 Å². The highest BCUT2D eigenvalue weighted by Crippen LogP contribution is 2.22. The molecule has 1 fully saturated rings. The van der Waals surface area contributed by atoms with Crippen LogP contribution in [0.2, 0.25) is 0 Å². The number of rotatable bonds is 1. The first-order valence-electron chi connectivity index (χ1n) is 4.31. The van der Waals surface area contributed by atoms with Gasteiger partial charge in [0, 0.05) is 6.42 Å². The van der Waals surface area contributed by atoms with E-state index in [4.69, 9.17) is 5.11 Å². The molecule has 0 bridgehead atoms. The van der Waals surface area contributed by atoms with E-state index in [1.54, 1.807) is 0 Å². The summed E-state index contributed by atoms with van der Waals surface area (Å²) in [6, 6.07) is 3.53. The third-order valence-corrected chi connectivity index (χ3v) is 2.23. The molecular weight excluding hydrogens is 190 g/mol. The number of benzene rings is 1. The maximum Gasteiger partial charge on any atom is 0.159 e. The van der Waals surface area contributed by atoms with Crippen LogP contribution in [-0.4, -0.2) is 11.3 Å². The van der Waals surface area contributed by atoms with Crippen LogP contribution in [0.25, 0.3) is 0 Å². The van der Waals surface area contributed by atoms with Crippen LogP contribution < -0.4 is 10.9 Å². The number of hydrazine groups is 1. The zero-order valence-electron chi connectivity index (χ0n) is 7.30. The lowest BCUT2D eigenvalue weighted by molar-refractivity contribution is 0.153. The predicted molar refractivity (Wildman–Crippen MR) is 46.0 cm³/mol. The second-order valence-corrected chi connectivity index (χ2v) is 3.27. The van der Waals surface area contributed by atoms with Crippen molar-refractivity contribution in [1.82, 2.24) is 10.9 Å². The van der Waals surface area contributed by atoms with Gasteiger partial charge in [-0.1, -0.05) is 6.07 Å². The van der Waals surface area contributed by atoms with E-state index in [1.165, 1.54) is 6.07 Å². The van der Waals surface area contributed by atoms with Gasteiger partial charge in [0.05, 0.1) is 6.04 Å². The highest BCUT2D eigenvalue weighted by Gasteiger charge is 2.23. The highest BCUT2D eigenvalue weighted by atomic mass is 19.2. The van der Waals surface area contributed by atoms with Gasteiger partial charge in [0.15, 0.2) is 11.6 Å². The van der Waals surface area contributed by atoms with E-state index in [2.05, 4.69) is 10.9 Å². The molecule has 1 aromatic carbocycles. The number of aliphatic hydroxyl groups excluding tert-OH is 1. The molecule has 0 aromatic heterocycles. The Kier molecular flexibility index (Phi) is 2.45. The minimum Gasteiger partial charge on any atom is -0.377 e. The molecule has 1 aliphatic heterocycles. The molecule has 1 heterocycles. The quantitative estimate of drug-likeness (QED) is 0.629. The van der Waals surface area contributed by atoms with Crippen molar-refractivity contribution in [3.05, 3.63) is 35.4 Å². The maximum atomic E-state index is 12.8. The van der Waals surface area contributed by atoms with Crippen LogP contribution in [0.5, 0.6) is 0 Å². The molecule has 5 heteroatoms. The molecule has 2 atom stereocenters. The van der Waals surface area contributed by atoms with Crippen molar-refractivity contribution in [2.24, 2.45) is 0 Å². The van der Waals surface area contributed by atoms with Gasteiger partial charge in [-0.15, -0.1) is 0 Å². The standard InChI is InChI=1S/C9H10F2N2O/c10-6-2-1-5(3-7(6)11)8-4-9(14)13-12-8/h1-3,8-9,12-14H,4H2. The Bertz CT molecular complexity index is 346. The summed E-state index contributed by atoms with van der Waals surface area (Å²) in [6.45, 7) is 0. The third kappa shape index (κ3) is 1.75. The van der Waals surface area contributed by atoms with Crippen molar-refractivity contribution in [2.45, 2.75) is 18.7 Å². The third-order valence-electron chi connectivity index (χ3n) is 2.23. The minimum absolute atomic E-state index is 0.180. The normalized spacial score (nSPS) is 26.8. The lowest BCUT2D eigenvalue weighted by Crippen LogP contribution is -2.30. The van der Waals surface area contributed by atoms with Crippen LogP contribution in [0.1, 0.15) is 18.0 Å². The van der Waals surface area contributed by atoms with Gasteiger partial charge < -0.3 is 5.11 Å². The van der Waals surface area contributed by atoms with Crippen molar-refractivity contribution in [3.8, 4) is 0 Å². The van der Waals surface area contributed by atoms with Crippen LogP contribution in [0.4, 0.5) is 8.78 Å². The summed E-state index contributed by atoms with van der Waals surface area (Å²) in [5, 5.41) is 9.14. The van der Waals surface area contributed by atoms with Crippen molar-refractivity contribution in [2.75, 3.05) is 0 Å². The van der Waals surface area contributed by atoms with Crippen molar-refractivity contribution in [1.29, 1.82) is 0 Å². The van der Waals surface area contributed by atoms with E-state index in [9.17, 15) is 8.78 Å². The summed E-state index contributed by atoms with van der Waals surface area (Å²) in [4.78, 5) is 0. The van der Waals surface area contributed by atoms with E-state index in [-0.39, 0.29) is 6.04 Å². The fraction of sp³-hybridized carbons (Fsp3) is 0.333. The highest BCUT2D eigenvalue weighted by molar-refractivity contribution is 5.21. The van der Waals surface area contributed by atoms with E-state index >= 15 is 0 Å². The molecule has 0 radical (unpaired) electrons. The van der Waals surface area contributed by atoms with Crippen LogP contribution in [0.3, 0.4) is 0 Å². The molecule has 14 heavy (non-hydrogen) atoms. The zero-order chi connectivity index (χ0) is 10.1. The zero-order valence-corrected chi connectivity index (χ0v) is 7.30. The maximum absolute atomic E-state index is 12.8. The van der Waals surface area contributed by atoms with Gasteiger partial charge in [0.2, 0.25) is 0 Å². The number of aliphatic hydroxyl groups is 1. The molecule has 0 spiro atoms. The van der Waals surface area contributed by atoms with Gasteiger partial charge >= 0.3 is 0 Å². The number of hydrogen-bond donors (Lipinski definition) is 3.